The summed E-state index contributed by atoms with van der Waals surface area (Å²) in [6.07, 6.45) is 0.259. The summed E-state index contributed by atoms with van der Waals surface area (Å²) >= 11 is 1.52. The first-order chi connectivity index (χ1) is 9.06. The van der Waals surface area contributed by atoms with Crippen LogP contribution in [0.5, 0.6) is 0 Å². The van der Waals surface area contributed by atoms with Crippen molar-refractivity contribution in [3.05, 3.63) is 51.7 Å². The summed E-state index contributed by atoms with van der Waals surface area (Å²) in [6, 6.07) is 6.49. The second-order valence-electron chi connectivity index (χ2n) is 4.38. The first kappa shape index (κ1) is 13.7. The zero-order valence-corrected chi connectivity index (χ0v) is 11.7. The summed E-state index contributed by atoms with van der Waals surface area (Å²) in [5.41, 5.74) is 1.29. The number of aromatic nitrogens is 1. The number of halogens is 1. The Morgan fingerprint density at radius 1 is 1.42 bits per heavy atom. The van der Waals surface area contributed by atoms with Crippen molar-refractivity contribution in [2.24, 2.45) is 0 Å². The van der Waals surface area contributed by atoms with E-state index in [2.05, 4.69) is 4.98 Å². The van der Waals surface area contributed by atoms with Gasteiger partial charge in [-0.15, -0.1) is 11.3 Å². The molecule has 0 radical (unpaired) electrons. The van der Waals surface area contributed by atoms with Gasteiger partial charge in [-0.25, -0.2) is 9.37 Å². The molecule has 2 rings (SSSR count). The van der Waals surface area contributed by atoms with Gasteiger partial charge in [0.15, 0.2) is 0 Å². The van der Waals surface area contributed by atoms with Gasteiger partial charge in [0.2, 0.25) is 5.91 Å². The average molecular weight is 278 g/mol. The highest BCUT2D eigenvalue weighted by atomic mass is 32.1. The molecule has 19 heavy (non-hydrogen) atoms. The fourth-order valence-electron chi connectivity index (χ4n) is 1.75. The summed E-state index contributed by atoms with van der Waals surface area (Å²) in [4.78, 5) is 17.8. The fourth-order valence-corrected chi connectivity index (χ4v) is 2.36. The number of aryl methyl sites for hydroxylation is 1. The van der Waals surface area contributed by atoms with Gasteiger partial charge in [0.1, 0.15) is 5.82 Å². The minimum atomic E-state index is -0.286. The zero-order chi connectivity index (χ0) is 13.8. The van der Waals surface area contributed by atoms with E-state index < -0.39 is 0 Å². The Labute approximate surface area is 115 Å². The molecule has 1 amide bonds. The number of carbonyl (C=O) groups excluding carboxylic acids is 1. The van der Waals surface area contributed by atoms with Crippen LogP contribution < -0.4 is 0 Å². The lowest BCUT2D eigenvalue weighted by molar-refractivity contribution is -0.129. The second kappa shape index (κ2) is 5.93. The molecule has 0 fully saturated rings. The Bertz CT molecular complexity index is 582. The molecule has 3 nitrogen and oxygen atoms in total. The van der Waals surface area contributed by atoms with Gasteiger partial charge >= 0.3 is 0 Å². The van der Waals surface area contributed by atoms with Crippen LogP contribution in [0.3, 0.4) is 0 Å². The molecule has 1 aromatic carbocycles. The van der Waals surface area contributed by atoms with Crippen molar-refractivity contribution in [1.29, 1.82) is 0 Å². The molecule has 5 heteroatoms. The molecule has 1 heterocycles. The third kappa shape index (κ3) is 3.61. The van der Waals surface area contributed by atoms with Gasteiger partial charge < -0.3 is 4.90 Å². The van der Waals surface area contributed by atoms with E-state index in [0.29, 0.717) is 5.56 Å². The smallest absolute Gasteiger partial charge is 0.228 e. The van der Waals surface area contributed by atoms with Crippen LogP contribution in [0.15, 0.2) is 29.6 Å². The van der Waals surface area contributed by atoms with E-state index in [-0.39, 0.29) is 24.7 Å². The van der Waals surface area contributed by atoms with E-state index in [0.717, 1.165) is 10.7 Å². The predicted molar refractivity (Wildman–Crippen MR) is 73.4 cm³/mol. The van der Waals surface area contributed by atoms with Gasteiger partial charge in [-0.05, 0) is 13.0 Å². The van der Waals surface area contributed by atoms with Crippen LogP contribution in [0.25, 0.3) is 0 Å². The molecule has 2 aromatic rings. The molecule has 1 aromatic heterocycles. The molecular weight excluding hydrogens is 263 g/mol. The summed E-state index contributed by atoms with van der Waals surface area (Å²) in [6.45, 7) is 2.18. The van der Waals surface area contributed by atoms with Crippen molar-refractivity contribution in [2.75, 3.05) is 7.05 Å². The molecule has 0 aliphatic rings. The quantitative estimate of drug-likeness (QED) is 0.861. The Kier molecular flexibility index (Phi) is 4.27. The number of carbonyl (C=O) groups is 1. The van der Waals surface area contributed by atoms with Gasteiger partial charge in [0.25, 0.3) is 0 Å². The lowest BCUT2D eigenvalue weighted by Gasteiger charge is -2.17. The van der Waals surface area contributed by atoms with E-state index in [1.54, 1.807) is 25.2 Å². The third-order valence-corrected chi connectivity index (χ3v) is 3.61. The number of hydrogen-bond donors (Lipinski definition) is 0. The Morgan fingerprint density at radius 2 is 2.16 bits per heavy atom. The molecule has 0 atom stereocenters. The Morgan fingerprint density at radius 3 is 2.79 bits per heavy atom. The number of benzene rings is 1. The van der Waals surface area contributed by atoms with Gasteiger partial charge in [-0.2, -0.15) is 0 Å². The van der Waals surface area contributed by atoms with Gasteiger partial charge in [0, 0.05) is 24.5 Å². The van der Waals surface area contributed by atoms with E-state index >= 15 is 0 Å². The van der Waals surface area contributed by atoms with Crippen LogP contribution in [0.1, 0.15) is 16.3 Å². The Balaban J connectivity index is 1.98. The lowest BCUT2D eigenvalue weighted by atomic mass is 10.2. The first-order valence-corrected chi connectivity index (χ1v) is 6.82. The number of amides is 1. The summed E-state index contributed by atoms with van der Waals surface area (Å²) in [7, 11) is 1.67. The number of nitrogens with zero attached hydrogens (tertiary/aromatic N) is 2. The second-order valence-corrected chi connectivity index (χ2v) is 5.44. The highest BCUT2D eigenvalue weighted by Gasteiger charge is 2.13. The van der Waals surface area contributed by atoms with Crippen molar-refractivity contribution < 1.29 is 9.18 Å². The highest BCUT2D eigenvalue weighted by Crippen LogP contribution is 2.12. The van der Waals surface area contributed by atoms with E-state index in [4.69, 9.17) is 0 Å². The first-order valence-electron chi connectivity index (χ1n) is 5.94. The molecule has 0 unspecified atom stereocenters. The normalized spacial score (nSPS) is 10.5. The number of likely N-dealkylation sites (N-methyl/N-ethyl adjacent to an activating group) is 1. The van der Waals surface area contributed by atoms with Crippen LogP contribution in [0.2, 0.25) is 0 Å². The van der Waals surface area contributed by atoms with Crippen molar-refractivity contribution in [2.45, 2.75) is 19.9 Å². The largest absolute Gasteiger partial charge is 0.341 e. The molecule has 0 saturated heterocycles. The molecule has 100 valence electrons. The summed E-state index contributed by atoms with van der Waals surface area (Å²) in [5, 5.41) is 2.82. The van der Waals surface area contributed by atoms with E-state index in [9.17, 15) is 9.18 Å². The standard InChI is InChI=1S/C14H15FN2OS/c1-10-16-12(9-19-10)7-14(18)17(2)8-11-5-3-4-6-13(11)15/h3-6,9H,7-8H2,1-2H3. The fraction of sp³-hybridized carbons (Fsp3) is 0.286. The predicted octanol–water partition coefficient (Wildman–Crippen LogP) is 2.79. The summed E-state index contributed by atoms with van der Waals surface area (Å²) < 4.78 is 13.5. The third-order valence-electron chi connectivity index (χ3n) is 2.79. The lowest BCUT2D eigenvalue weighted by Crippen LogP contribution is -2.28. The number of hydrogen-bond acceptors (Lipinski definition) is 3. The maximum atomic E-state index is 13.5. The van der Waals surface area contributed by atoms with E-state index in [1.165, 1.54) is 22.3 Å². The van der Waals surface area contributed by atoms with Gasteiger partial charge in [0.05, 0.1) is 17.1 Å². The highest BCUT2D eigenvalue weighted by molar-refractivity contribution is 7.09. The van der Waals surface area contributed by atoms with Crippen molar-refractivity contribution in [3.8, 4) is 0 Å². The molecule has 0 spiro atoms. The summed E-state index contributed by atoms with van der Waals surface area (Å²) in [5.74, 6) is -0.347. The maximum Gasteiger partial charge on any atom is 0.228 e. The van der Waals surface area contributed by atoms with Crippen molar-refractivity contribution in [3.63, 3.8) is 0 Å². The van der Waals surface area contributed by atoms with Crippen molar-refractivity contribution in [1.82, 2.24) is 9.88 Å². The SMILES string of the molecule is Cc1nc(CC(=O)N(C)Cc2ccccc2F)cs1. The molecule has 0 bridgehead atoms. The van der Waals surface area contributed by atoms with Crippen LogP contribution in [-0.2, 0) is 17.8 Å². The molecular formula is C14H15FN2OS. The molecule has 0 N–H and O–H groups in total. The monoisotopic (exact) mass is 278 g/mol. The average Bonchev–Trinajstić information content (AvgIpc) is 2.77. The van der Waals surface area contributed by atoms with Crippen LogP contribution >= 0.6 is 11.3 Å². The minimum Gasteiger partial charge on any atom is -0.341 e. The molecule has 0 aliphatic heterocycles. The zero-order valence-electron chi connectivity index (χ0n) is 10.9. The number of rotatable bonds is 4. The topological polar surface area (TPSA) is 33.2 Å². The van der Waals surface area contributed by atoms with Gasteiger partial charge in [-0.1, -0.05) is 18.2 Å². The van der Waals surface area contributed by atoms with Crippen molar-refractivity contribution >= 4 is 17.2 Å². The maximum absolute atomic E-state index is 13.5. The van der Waals surface area contributed by atoms with E-state index in [1.807, 2.05) is 12.3 Å². The van der Waals surface area contributed by atoms with Gasteiger partial charge in [-0.3, -0.25) is 4.79 Å². The van der Waals surface area contributed by atoms with Crippen LogP contribution in [0.4, 0.5) is 4.39 Å². The molecule has 0 aliphatic carbocycles. The van der Waals surface area contributed by atoms with Crippen LogP contribution in [-0.4, -0.2) is 22.8 Å². The van der Waals surface area contributed by atoms with Crippen LogP contribution in [0, 0.1) is 12.7 Å². The molecule has 0 saturated carbocycles. The Hall–Kier alpha value is -1.75. The number of thiazole rings is 1. The minimum absolute atomic E-state index is 0.0615.